The van der Waals surface area contributed by atoms with Crippen LogP contribution in [0.25, 0.3) is 0 Å². The van der Waals surface area contributed by atoms with E-state index < -0.39 is 24.4 Å². The molecular formula is C7H16NO4. The molecule has 0 spiro atoms. The first-order valence-corrected chi connectivity index (χ1v) is 3.62. The van der Waals surface area contributed by atoms with Crippen LogP contribution in [0, 0.1) is 6.92 Å². The highest BCUT2D eigenvalue weighted by molar-refractivity contribution is 4.83. The Labute approximate surface area is 71.8 Å². The van der Waals surface area contributed by atoms with Gasteiger partial charge in [-0.15, -0.1) is 0 Å². The fourth-order valence-electron chi connectivity index (χ4n) is 0.772. The van der Waals surface area contributed by atoms with E-state index in [1.54, 1.807) is 0 Å². The third-order valence-corrected chi connectivity index (χ3v) is 1.54. The highest BCUT2D eigenvalue weighted by Gasteiger charge is 2.26. The van der Waals surface area contributed by atoms with Crippen molar-refractivity contribution in [2.24, 2.45) is 5.73 Å². The van der Waals surface area contributed by atoms with Crippen molar-refractivity contribution in [3.63, 3.8) is 0 Å². The Kier molecular flexibility index (Phi) is 5.36. The van der Waals surface area contributed by atoms with Gasteiger partial charge in [0.25, 0.3) is 0 Å². The minimum atomic E-state index is -1.34. The van der Waals surface area contributed by atoms with Crippen LogP contribution in [-0.2, 0) is 4.74 Å². The molecule has 1 radical (unpaired) electrons. The van der Waals surface area contributed by atoms with Crippen LogP contribution >= 0.6 is 0 Å². The zero-order chi connectivity index (χ0) is 9.72. The summed E-state index contributed by atoms with van der Waals surface area (Å²) in [4.78, 5) is 0. The van der Waals surface area contributed by atoms with E-state index in [1.807, 2.05) is 0 Å². The zero-order valence-electron chi connectivity index (χ0n) is 7.05. The van der Waals surface area contributed by atoms with Crippen molar-refractivity contribution < 1.29 is 20.1 Å². The van der Waals surface area contributed by atoms with E-state index >= 15 is 0 Å². The molecule has 0 aliphatic rings. The van der Waals surface area contributed by atoms with E-state index in [0.29, 0.717) is 0 Å². The number of hydrogen-bond donors (Lipinski definition) is 4. The maximum absolute atomic E-state index is 9.23. The summed E-state index contributed by atoms with van der Waals surface area (Å²) in [6, 6.07) is -0.721. The van der Waals surface area contributed by atoms with Gasteiger partial charge in [0.15, 0.2) is 0 Å². The topological polar surface area (TPSA) is 95.9 Å². The first kappa shape index (κ1) is 11.8. The molecule has 0 aliphatic carbocycles. The van der Waals surface area contributed by atoms with Crippen molar-refractivity contribution in [2.75, 3.05) is 13.7 Å². The predicted molar refractivity (Wildman–Crippen MR) is 43.2 cm³/mol. The normalized spacial score (nSPS) is 21.5. The van der Waals surface area contributed by atoms with Crippen molar-refractivity contribution in [2.45, 2.75) is 24.4 Å². The molecule has 0 amide bonds. The Morgan fingerprint density at radius 3 is 2.17 bits per heavy atom. The highest BCUT2D eigenvalue weighted by Crippen LogP contribution is 2.02. The maximum atomic E-state index is 9.23. The molecule has 0 saturated carbocycles. The number of nitrogens with two attached hydrogens (primary N) is 1. The minimum Gasteiger partial charge on any atom is -0.390 e. The van der Waals surface area contributed by atoms with E-state index in [-0.39, 0.29) is 6.61 Å². The SMILES string of the molecule is [CH2]C(O)C(O)C(O)C(N)COC. The smallest absolute Gasteiger partial charge is 0.107 e. The van der Waals surface area contributed by atoms with Crippen LogP contribution in [-0.4, -0.2) is 53.4 Å². The summed E-state index contributed by atoms with van der Waals surface area (Å²) in [5.74, 6) is 0. The zero-order valence-corrected chi connectivity index (χ0v) is 7.05. The van der Waals surface area contributed by atoms with Gasteiger partial charge in [0.05, 0.1) is 24.9 Å². The fourth-order valence-corrected chi connectivity index (χ4v) is 0.772. The highest BCUT2D eigenvalue weighted by atomic mass is 16.5. The van der Waals surface area contributed by atoms with E-state index in [9.17, 15) is 5.11 Å². The lowest BCUT2D eigenvalue weighted by Crippen LogP contribution is -2.49. The van der Waals surface area contributed by atoms with Crippen molar-refractivity contribution in [1.82, 2.24) is 0 Å². The molecule has 0 heterocycles. The second-order valence-electron chi connectivity index (χ2n) is 2.67. The van der Waals surface area contributed by atoms with E-state index in [1.165, 1.54) is 7.11 Å². The molecule has 5 N–H and O–H groups in total. The second kappa shape index (κ2) is 5.45. The molecule has 5 nitrogen and oxygen atoms in total. The van der Waals surface area contributed by atoms with Crippen LogP contribution in [0.2, 0.25) is 0 Å². The van der Waals surface area contributed by atoms with E-state index in [4.69, 9.17) is 15.9 Å². The van der Waals surface area contributed by atoms with Crippen LogP contribution in [0.5, 0.6) is 0 Å². The number of aliphatic hydroxyl groups is 3. The van der Waals surface area contributed by atoms with Gasteiger partial charge < -0.3 is 25.8 Å². The Bertz CT molecular complexity index is 120. The molecule has 0 aromatic rings. The Morgan fingerprint density at radius 2 is 1.83 bits per heavy atom. The van der Waals surface area contributed by atoms with Crippen LogP contribution in [0.1, 0.15) is 0 Å². The number of methoxy groups -OCH3 is 1. The van der Waals surface area contributed by atoms with Crippen molar-refractivity contribution in [3.05, 3.63) is 6.92 Å². The minimum absolute atomic E-state index is 0.116. The molecule has 12 heavy (non-hydrogen) atoms. The largest absolute Gasteiger partial charge is 0.390 e. The van der Waals surface area contributed by atoms with Gasteiger partial charge >= 0.3 is 0 Å². The van der Waals surface area contributed by atoms with Crippen molar-refractivity contribution in [3.8, 4) is 0 Å². The summed E-state index contributed by atoms with van der Waals surface area (Å²) < 4.78 is 4.66. The third-order valence-electron chi connectivity index (χ3n) is 1.54. The van der Waals surface area contributed by atoms with E-state index in [2.05, 4.69) is 11.7 Å². The van der Waals surface area contributed by atoms with Gasteiger partial charge in [-0.05, 0) is 6.92 Å². The first-order chi connectivity index (χ1) is 5.50. The lowest BCUT2D eigenvalue weighted by Gasteiger charge is -2.24. The van der Waals surface area contributed by atoms with Crippen LogP contribution in [0.3, 0.4) is 0 Å². The van der Waals surface area contributed by atoms with Gasteiger partial charge in [0.2, 0.25) is 0 Å². The Balaban J connectivity index is 3.90. The molecule has 4 atom stereocenters. The second-order valence-corrected chi connectivity index (χ2v) is 2.67. The Morgan fingerprint density at radius 1 is 1.33 bits per heavy atom. The Hall–Kier alpha value is -0.200. The van der Waals surface area contributed by atoms with Crippen molar-refractivity contribution in [1.29, 1.82) is 0 Å². The molecule has 0 rings (SSSR count). The summed E-state index contributed by atoms with van der Waals surface area (Å²) in [6.45, 7) is 3.27. The van der Waals surface area contributed by atoms with E-state index in [0.717, 1.165) is 0 Å². The number of aliphatic hydroxyl groups excluding tert-OH is 3. The van der Waals surface area contributed by atoms with Gasteiger partial charge in [-0.3, -0.25) is 0 Å². The number of ether oxygens (including phenoxy) is 1. The molecule has 0 fully saturated rings. The third kappa shape index (κ3) is 3.46. The lowest BCUT2D eigenvalue weighted by atomic mass is 10.0. The van der Waals surface area contributed by atoms with Gasteiger partial charge in [0, 0.05) is 7.11 Å². The maximum Gasteiger partial charge on any atom is 0.107 e. The molecule has 5 heteroatoms. The molecule has 73 valence electrons. The molecule has 0 aliphatic heterocycles. The van der Waals surface area contributed by atoms with Gasteiger partial charge in [-0.1, -0.05) is 0 Å². The summed E-state index contributed by atoms with van der Waals surface area (Å²) in [5.41, 5.74) is 5.39. The average Bonchev–Trinajstić information content (AvgIpc) is 2.02. The average molecular weight is 178 g/mol. The number of rotatable bonds is 5. The molecule has 4 unspecified atom stereocenters. The fraction of sp³-hybridized carbons (Fsp3) is 0.857. The molecular weight excluding hydrogens is 162 g/mol. The van der Waals surface area contributed by atoms with Crippen LogP contribution in [0.15, 0.2) is 0 Å². The van der Waals surface area contributed by atoms with Gasteiger partial charge in [-0.2, -0.15) is 0 Å². The summed E-state index contributed by atoms with van der Waals surface area (Å²) in [5, 5.41) is 27.1. The van der Waals surface area contributed by atoms with Gasteiger partial charge in [0.1, 0.15) is 6.10 Å². The van der Waals surface area contributed by atoms with Crippen LogP contribution in [0.4, 0.5) is 0 Å². The monoisotopic (exact) mass is 178 g/mol. The van der Waals surface area contributed by atoms with Gasteiger partial charge in [-0.25, -0.2) is 0 Å². The van der Waals surface area contributed by atoms with Crippen LogP contribution < -0.4 is 5.73 Å². The predicted octanol–water partition coefficient (Wildman–Crippen LogP) is -2.12. The quantitative estimate of drug-likeness (QED) is 0.386. The van der Waals surface area contributed by atoms with Crippen molar-refractivity contribution >= 4 is 0 Å². The molecule has 0 saturated heterocycles. The summed E-state index contributed by atoms with van der Waals surface area (Å²) >= 11 is 0. The first-order valence-electron chi connectivity index (χ1n) is 3.62. The molecule has 0 bridgehead atoms. The summed E-state index contributed by atoms with van der Waals surface area (Å²) in [7, 11) is 1.43. The lowest BCUT2D eigenvalue weighted by molar-refractivity contribution is -0.0603. The standard InChI is InChI=1S/C7H16NO4/c1-4(9)6(10)7(11)5(8)3-12-2/h4-7,9-11H,1,3,8H2,2H3. The number of hydrogen-bond acceptors (Lipinski definition) is 5. The molecule has 0 aromatic heterocycles. The molecule has 0 aromatic carbocycles. The summed E-state index contributed by atoms with van der Waals surface area (Å²) in [6.07, 6.45) is -3.81.